The molecule has 3 aromatic rings. The lowest BCUT2D eigenvalue weighted by Crippen LogP contribution is -2.44. The zero-order valence-corrected chi connectivity index (χ0v) is 16.2. The highest BCUT2D eigenvalue weighted by atomic mass is 16.2. The number of carbonyl (C=O) groups excluding carboxylic acids is 1. The fourth-order valence-electron chi connectivity index (χ4n) is 3.41. The van der Waals surface area contributed by atoms with Crippen molar-refractivity contribution in [2.24, 2.45) is 0 Å². The maximum atomic E-state index is 12.5. The molecule has 28 heavy (non-hydrogen) atoms. The Bertz CT molecular complexity index is 1080. The lowest BCUT2D eigenvalue weighted by molar-refractivity contribution is -0.122. The van der Waals surface area contributed by atoms with Gasteiger partial charge in [-0.2, -0.15) is 0 Å². The summed E-state index contributed by atoms with van der Waals surface area (Å²) in [5.41, 5.74) is 1.17. The zero-order valence-electron chi connectivity index (χ0n) is 16.2. The molecule has 0 saturated carbocycles. The van der Waals surface area contributed by atoms with Crippen LogP contribution in [0.5, 0.6) is 0 Å². The zero-order chi connectivity index (χ0) is 20.1. The van der Waals surface area contributed by atoms with Gasteiger partial charge in [0, 0.05) is 12.6 Å². The Morgan fingerprint density at radius 2 is 1.50 bits per heavy atom. The van der Waals surface area contributed by atoms with E-state index in [1.807, 2.05) is 38.1 Å². The Kier molecular flexibility index (Phi) is 6.09. The van der Waals surface area contributed by atoms with Crippen molar-refractivity contribution in [3.8, 4) is 0 Å². The van der Waals surface area contributed by atoms with E-state index in [1.165, 1.54) is 14.7 Å². The predicted octanol–water partition coefficient (Wildman–Crippen LogP) is 2.32. The maximum Gasteiger partial charge on any atom is 0.317 e. The topological polar surface area (TPSA) is 73.1 Å². The smallest absolute Gasteiger partial charge is 0.317 e. The van der Waals surface area contributed by atoms with Crippen LogP contribution in [0.15, 0.2) is 64.2 Å². The molecule has 0 aliphatic heterocycles. The highest BCUT2D eigenvalue weighted by molar-refractivity contribution is 5.80. The number of para-hydroxylation sites is 2. The second-order valence-electron chi connectivity index (χ2n) is 6.92. The third-order valence-electron chi connectivity index (χ3n) is 4.87. The van der Waals surface area contributed by atoms with E-state index in [0.717, 1.165) is 12.8 Å². The molecule has 0 bridgehead atoms. The summed E-state index contributed by atoms with van der Waals surface area (Å²) in [4.78, 5) is 37.5. The van der Waals surface area contributed by atoms with Gasteiger partial charge in [-0.25, -0.2) is 0 Å². The van der Waals surface area contributed by atoms with Gasteiger partial charge in [0.15, 0.2) is 0 Å². The van der Waals surface area contributed by atoms with E-state index in [0.29, 0.717) is 17.6 Å². The third-order valence-corrected chi connectivity index (χ3v) is 4.87. The monoisotopic (exact) mass is 379 g/mol. The van der Waals surface area contributed by atoms with Crippen LogP contribution >= 0.6 is 0 Å². The maximum absolute atomic E-state index is 12.5. The van der Waals surface area contributed by atoms with Crippen molar-refractivity contribution in [1.29, 1.82) is 0 Å². The summed E-state index contributed by atoms with van der Waals surface area (Å²) in [5, 5.41) is 2.93. The molecule has 0 radical (unpaired) electrons. The fraction of sp³-hybridized carbons (Fsp3) is 0.318. The first kappa shape index (κ1) is 19.6. The number of hydrogen-bond donors (Lipinski definition) is 1. The number of fused-ring (bicyclic) bond motifs is 1. The SMILES string of the molecule is CCn1c(=O)c(=O)n(CC(=O)N[C@@H](C)CCc2ccccc2)c2ccccc21. The van der Waals surface area contributed by atoms with Gasteiger partial charge in [0.2, 0.25) is 5.91 Å². The van der Waals surface area contributed by atoms with Gasteiger partial charge in [-0.1, -0.05) is 42.5 Å². The molecule has 0 unspecified atom stereocenters. The van der Waals surface area contributed by atoms with Crippen LogP contribution in [0.3, 0.4) is 0 Å². The second kappa shape index (κ2) is 8.69. The van der Waals surface area contributed by atoms with Crippen LogP contribution in [0.2, 0.25) is 0 Å². The quantitative estimate of drug-likeness (QED) is 0.641. The van der Waals surface area contributed by atoms with Crippen LogP contribution in [0.4, 0.5) is 0 Å². The molecule has 0 fully saturated rings. The second-order valence-corrected chi connectivity index (χ2v) is 6.92. The summed E-state index contributed by atoms with van der Waals surface area (Å²) in [6.07, 6.45) is 1.65. The van der Waals surface area contributed by atoms with E-state index in [1.54, 1.807) is 18.2 Å². The van der Waals surface area contributed by atoms with Gasteiger partial charge in [0.1, 0.15) is 6.54 Å². The molecule has 2 aromatic carbocycles. The Balaban J connectivity index is 1.75. The molecular weight excluding hydrogens is 354 g/mol. The van der Waals surface area contributed by atoms with Crippen LogP contribution in [0.1, 0.15) is 25.8 Å². The van der Waals surface area contributed by atoms with Crippen LogP contribution in [-0.2, 0) is 24.3 Å². The van der Waals surface area contributed by atoms with Crippen molar-refractivity contribution in [2.45, 2.75) is 45.8 Å². The number of nitrogens with zero attached hydrogens (tertiary/aromatic N) is 2. The minimum atomic E-state index is -0.673. The average Bonchev–Trinajstić information content (AvgIpc) is 2.71. The lowest BCUT2D eigenvalue weighted by atomic mass is 10.1. The van der Waals surface area contributed by atoms with E-state index in [4.69, 9.17) is 0 Å². The Labute approximate surface area is 163 Å². The van der Waals surface area contributed by atoms with Gasteiger partial charge in [0.25, 0.3) is 0 Å². The first-order valence-corrected chi connectivity index (χ1v) is 9.57. The number of aryl methyl sites for hydroxylation is 2. The van der Waals surface area contributed by atoms with E-state index in [2.05, 4.69) is 17.4 Å². The predicted molar refractivity (Wildman–Crippen MR) is 111 cm³/mol. The molecule has 1 N–H and O–H groups in total. The van der Waals surface area contributed by atoms with Crippen molar-refractivity contribution >= 4 is 16.9 Å². The fourth-order valence-corrected chi connectivity index (χ4v) is 3.41. The molecule has 1 aromatic heterocycles. The largest absolute Gasteiger partial charge is 0.352 e. The van der Waals surface area contributed by atoms with Crippen molar-refractivity contribution in [3.05, 3.63) is 80.9 Å². The number of amides is 1. The van der Waals surface area contributed by atoms with Crippen molar-refractivity contribution in [3.63, 3.8) is 0 Å². The van der Waals surface area contributed by atoms with E-state index in [-0.39, 0.29) is 18.5 Å². The Morgan fingerprint density at radius 1 is 0.929 bits per heavy atom. The van der Waals surface area contributed by atoms with Crippen molar-refractivity contribution < 1.29 is 4.79 Å². The lowest BCUT2D eigenvalue weighted by Gasteiger charge is -2.16. The van der Waals surface area contributed by atoms with Gasteiger partial charge in [-0.15, -0.1) is 0 Å². The van der Waals surface area contributed by atoms with Crippen LogP contribution < -0.4 is 16.4 Å². The standard InChI is InChI=1S/C22H25N3O3/c1-3-24-18-11-7-8-12-19(18)25(22(28)21(24)27)15-20(26)23-16(2)13-14-17-9-5-4-6-10-17/h4-12,16H,3,13-15H2,1-2H3,(H,23,26)/t16-/m0/s1. The molecule has 146 valence electrons. The summed E-state index contributed by atoms with van der Waals surface area (Å²) >= 11 is 0. The van der Waals surface area contributed by atoms with Gasteiger partial charge < -0.3 is 9.88 Å². The Morgan fingerprint density at radius 3 is 2.14 bits per heavy atom. The molecule has 1 amide bonds. The van der Waals surface area contributed by atoms with Gasteiger partial charge in [0.05, 0.1) is 11.0 Å². The summed E-state index contributed by atoms with van der Waals surface area (Å²) in [5.74, 6) is -0.276. The highest BCUT2D eigenvalue weighted by Crippen LogP contribution is 2.10. The molecule has 3 rings (SSSR count). The minimum Gasteiger partial charge on any atom is -0.352 e. The molecule has 0 spiro atoms. The van der Waals surface area contributed by atoms with E-state index < -0.39 is 11.1 Å². The first-order valence-electron chi connectivity index (χ1n) is 9.57. The van der Waals surface area contributed by atoms with Crippen LogP contribution in [0.25, 0.3) is 11.0 Å². The minimum absolute atomic E-state index is 0.0364. The van der Waals surface area contributed by atoms with Crippen LogP contribution in [0, 0.1) is 0 Å². The normalized spacial score (nSPS) is 12.1. The number of nitrogens with one attached hydrogen (secondary N) is 1. The Hall–Kier alpha value is -3.15. The molecule has 0 saturated heterocycles. The average molecular weight is 379 g/mol. The number of hydrogen-bond acceptors (Lipinski definition) is 3. The number of rotatable bonds is 7. The highest BCUT2D eigenvalue weighted by Gasteiger charge is 2.15. The van der Waals surface area contributed by atoms with Gasteiger partial charge in [-0.3, -0.25) is 19.0 Å². The third kappa shape index (κ3) is 4.22. The van der Waals surface area contributed by atoms with Crippen molar-refractivity contribution in [1.82, 2.24) is 14.5 Å². The molecule has 0 aliphatic rings. The molecular formula is C22H25N3O3. The summed E-state index contributed by atoms with van der Waals surface area (Å²) in [6, 6.07) is 17.2. The number of benzene rings is 2. The van der Waals surface area contributed by atoms with E-state index in [9.17, 15) is 14.4 Å². The van der Waals surface area contributed by atoms with Crippen LogP contribution in [-0.4, -0.2) is 21.1 Å². The van der Waals surface area contributed by atoms with E-state index >= 15 is 0 Å². The molecule has 6 nitrogen and oxygen atoms in total. The molecule has 0 aliphatic carbocycles. The number of aromatic nitrogens is 2. The summed E-state index contributed by atoms with van der Waals surface area (Å²) in [7, 11) is 0. The summed E-state index contributed by atoms with van der Waals surface area (Å²) in [6.45, 7) is 3.99. The molecule has 1 atom stereocenters. The van der Waals surface area contributed by atoms with Crippen molar-refractivity contribution in [2.75, 3.05) is 0 Å². The summed E-state index contributed by atoms with van der Waals surface area (Å²) < 4.78 is 2.71. The molecule has 6 heteroatoms. The van der Waals surface area contributed by atoms with Gasteiger partial charge in [-0.05, 0) is 44.4 Å². The molecule has 1 heterocycles. The number of carbonyl (C=O) groups is 1. The first-order chi connectivity index (χ1) is 13.5. The van der Waals surface area contributed by atoms with Gasteiger partial charge >= 0.3 is 11.1 Å².